The van der Waals surface area contributed by atoms with Gasteiger partial charge in [-0.3, -0.25) is 0 Å². The molecule has 1 aromatic heterocycles. The summed E-state index contributed by atoms with van der Waals surface area (Å²) in [5.41, 5.74) is 1.67. The quantitative estimate of drug-likeness (QED) is 0.940. The summed E-state index contributed by atoms with van der Waals surface area (Å²) in [7, 11) is 0. The van der Waals surface area contributed by atoms with Crippen molar-refractivity contribution in [2.75, 3.05) is 0 Å². The second kappa shape index (κ2) is 6.21. The molecule has 2 unspecified atom stereocenters. The number of nitrogens with one attached hydrogen (secondary N) is 1. The molecule has 0 aliphatic carbocycles. The maximum absolute atomic E-state index is 13.5. The lowest BCUT2D eigenvalue weighted by Gasteiger charge is -2.29. The number of hydrogen-bond donors (Lipinski definition) is 1. The largest absolute Gasteiger partial charge is 0.474 e. The molecular weight excluding hydrogens is 305 g/mol. The second-order valence-corrected chi connectivity index (χ2v) is 6.55. The Hall–Kier alpha value is -2.45. The summed E-state index contributed by atoms with van der Waals surface area (Å²) >= 11 is 0. The molecule has 2 aliphatic heterocycles. The average molecular weight is 323 g/mol. The van der Waals surface area contributed by atoms with Gasteiger partial charge in [-0.1, -0.05) is 12.1 Å². The highest BCUT2D eigenvalue weighted by molar-refractivity contribution is 5.61. The Labute approximate surface area is 140 Å². The third-order valence-corrected chi connectivity index (χ3v) is 4.77. The van der Waals surface area contributed by atoms with Gasteiger partial charge in [-0.25, -0.2) is 9.37 Å². The van der Waals surface area contributed by atoms with Crippen LogP contribution in [0.4, 0.5) is 4.39 Å². The molecule has 24 heavy (non-hydrogen) atoms. The fraction of sp³-hybridized carbons (Fsp3) is 0.368. The van der Waals surface area contributed by atoms with Crippen molar-refractivity contribution in [3.05, 3.63) is 47.8 Å². The number of benzene rings is 1. The number of piperidine rings is 1. The molecule has 122 valence electrons. The maximum Gasteiger partial charge on any atom is 0.215 e. The predicted octanol–water partition coefficient (Wildman–Crippen LogP) is 3.42. The highest BCUT2D eigenvalue weighted by Crippen LogP contribution is 2.30. The Morgan fingerprint density at radius 1 is 1.17 bits per heavy atom. The number of aromatic nitrogens is 1. The van der Waals surface area contributed by atoms with Crippen molar-refractivity contribution >= 4 is 0 Å². The van der Waals surface area contributed by atoms with Crippen LogP contribution in [0.5, 0.6) is 5.88 Å². The molecule has 4 rings (SSSR count). The Bertz CT molecular complexity index is 789. The minimum absolute atomic E-state index is 0.116. The smallest absolute Gasteiger partial charge is 0.215 e. The first kappa shape index (κ1) is 15.1. The van der Waals surface area contributed by atoms with Gasteiger partial charge < -0.3 is 10.1 Å². The lowest BCUT2D eigenvalue weighted by atomic mass is 10.0. The number of rotatable bonds is 3. The van der Waals surface area contributed by atoms with Gasteiger partial charge in [0.05, 0.1) is 17.3 Å². The van der Waals surface area contributed by atoms with Gasteiger partial charge in [-0.2, -0.15) is 5.26 Å². The van der Waals surface area contributed by atoms with Crippen molar-refractivity contribution in [3.63, 3.8) is 0 Å². The average Bonchev–Trinajstić information content (AvgIpc) is 2.93. The zero-order valence-electron chi connectivity index (χ0n) is 13.2. The third kappa shape index (κ3) is 3.10. The molecule has 2 fully saturated rings. The highest BCUT2D eigenvalue weighted by Gasteiger charge is 2.34. The Balaban J connectivity index is 1.61. The Morgan fingerprint density at radius 2 is 1.96 bits per heavy atom. The number of ether oxygens (including phenoxy) is 1. The van der Waals surface area contributed by atoms with E-state index in [0.717, 1.165) is 12.8 Å². The number of halogens is 1. The molecule has 1 N–H and O–H groups in total. The van der Waals surface area contributed by atoms with E-state index in [0.29, 0.717) is 34.8 Å². The van der Waals surface area contributed by atoms with Gasteiger partial charge in [0.1, 0.15) is 11.9 Å². The molecule has 1 aromatic carbocycles. The first-order valence-corrected chi connectivity index (χ1v) is 8.30. The van der Waals surface area contributed by atoms with Crippen LogP contribution in [0, 0.1) is 17.1 Å². The number of hydrogen-bond acceptors (Lipinski definition) is 4. The van der Waals surface area contributed by atoms with Crippen LogP contribution in [0.3, 0.4) is 0 Å². The molecule has 0 amide bonds. The van der Waals surface area contributed by atoms with Crippen molar-refractivity contribution in [1.82, 2.24) is 10.3 Å². The molecule has 0 spiro atoms. The van der Waals surface area contributed by atoms with E-state index in [1.54, 1.807) is 24.3 Å². The highest BCUT2D eigenvalue weighted by atomic mass is 19.1. The van der Waals surface area contributed by atoms with Gasteiger partial charge in [-0.15, -0.1) is 0 Å². The first-order valence-electron chi connectivity index (χ1n) is 8.30. The summed E-state index contributed by atoms with van der Waals surface area (Å²) < 4.78 is 19.5. The summed E-state index contributed by atoms with van der Waals surface area (Å²) in [5.74, 6) is 0.119. The van der Waals surface area contributed by atoms with Crippen LogP contribution in [0.25, 0.3) is 11.3 Å². The predicted molar refractivity (Wildman–Crippen MR) is 87.9 cm³/mol. The Kier molecular flexibility index (Phi) is 3.91. The molecule has 5 heteroatoms. The van der Waals surface area contributed by atoms with E-state index >= 15 is 0 Å². The van der Waals surface area contributed by atoms with Gasteiger partial charge in [-0.05, 0) is 43.9 Å². The van der Waals surface area contributed by atoms with Crippen LogP contribution in [-0.4, -0.2) is 23.2 Å². The van der Waals surface area contributed by atoms with Crippen molar-refractivity contribution in [3.8, 4) is 23.2 Å². The van der Waals surface area contributed by atoms with Crippen LogP contribution < -0.4 is 10.1 Å². The van der Waals surface area contributed by atoms with Crippen molar-refractivity contribution < 1.29 is 9.13 Å². The third-order valence-electron chi connectivity index (χ3n) is 4.77. The van der Waals surface area contributed by atoms with Crippen molar-refractivity contribution in [1.29, 1.82) is 5.26 Å². The monoisotopic (exact) mass is 323 g/mol. The van der Waals surface area contributed by atoms with Gasteiger partial charge >= 0.3 is 0 Å². The first-order chi connectivity index (χ1) is 11.7. The zero-order chi connectivity index (χ0) is 16.5. The van der Waals surface area contributed by atoms with Crippen LogP contribution in [0.2, 0.25) is 0 Å². The van der Waals surface area contributed by atoms with Gasteiger partial charge in [0, 0.05) is 23.7 Å². The van der Waals surface area contributed by atoms with Crippen LogP contribution in [0.1, 0.15) is 31.2 Å². The molecule has 4 nitrogen and oxygen atoms in total. The fourth-order valence-electron chi connectivity index (χ4n) is 3.70. The normalized spacial score (nSPS) is 25.2. The summed E-state index contributed by atoms with van der Waals surface area (Å²) in [4.78, 5) is 4.50. The topological polar surface area (TPSA) is 57.9 Å². The lowest BCUT2D eigenvalue weighted by Crippen LogP contribution is -2.42. The summed E-state index contributed by atoms with van der Waals surface area (Å²) in [6.07, 6.45) is 4.44. The minimum atomic E-state index is -0.325. The summed E-state index contributed by atoms with van der Waals surface area (Å²) in [6, 6.07) is 12.7. The Morgan fingerprint density at radius 3 is 2.67 bits per heavy atom. The minimum Gasteiger partial charge on any atom is -0.474 e. The number of nitrogens with zero attached hydrogens (tertiary/aromatic N) is 2. The van der Waals surface area contributed by atoms with Gasteiger partial charge in [0.15, 0.2) is 0 Å². The molecule has 2 bridgehead atoms. The van der Waals surface area contributed by atoms with E-state index in [-0.39, 0.29) is 11.9 Å². The van der Waals surface area contributed by atoms with E-state index in [2.05, 4.69) is 16.4 Å². The number of pyridine rings is 1. The van der Waals surface area contributed by atoms with Crippen molar-refractivity contribution in [2.45, 2.75) is 43.9 Å². The van der Waals surface area contributed by atoms with Crippen LogP contribution >= 0.6 is 0 Å². The van der Waals surface area contributed by atoms with E-state index in [4.69, 9.17) is 4.74 Å². The van der Waals surface area contributed by atoms with Crippen molar-refractivity contribution in [2.24, 2.45) is 0 Å². The molecule has 2 aliphatic rings. The van der Waals surface area contributed by atoms with E-state index in [1.807, 2.05) is 0 Å². The molecule has 2 atom stereocenters. The second-order valence-electron chi connectivity index (χ2n) is 6.55. The molecule has 2 saturated heterocycles. The lowest BCUT2D eigenvalue weighted by molar-refractivity contribution is 0.132. The number of nitriles is 1. The molecule has 2 aromatic rings. The van der Waals surface area contributed by atoms with Gasteiger partial charge in [0.25, 0.3) is 0 Å². The maximum atomic E-state index is 13.5. The fourth-order valence-corrected chi connectivity index (χ4v) is 3.70. The van der Waals surface area contributed by atoms with Crippen LogP contribution in [-0.2, 0) is 0 Å². The van der Waals surface area contributed by atoms with E-state index in [9.17, 15) is 9.65 Å². The SMILES string of the molecule is N#Cc1cc(OC2CC3CCC(C2)N3)nc(-c2cccc(F)c2)c1. The molecular formula is C19H18FN3O. The summed E-state index contributed by atoms with van der Waals surface area (Å²) in [5, 5.41) is 12.8. The number of fused-ring (bicyclic) bond motifs is 2. The zero-order valence-corrected chi connectivity index (χ0v) is 13.2. The van der Waals surface area contributed by atoms with Crippen LogP contribution in [0.15, 0.2) is 36.4 Å². The van der Waals surface area contributed by atoms with E-state index < -0.39 is 0 Å². The molecule has 0 saturated carbocycles. The standard InChI is InChI=1S/C19H18FN3O/c20-14-3-1-2-13(8-14)18-6-12(11-21)7-19(23-18)24-17-9-15-4-5-16(10-17)22-15/h1-3,6-8,15-17,22H,4-5,9-10H2. The summed E-state index contributed by atoms with van der Waals surface area (Å²) in [6.45, 7) is 0. The van der Waals surface area contributed by atoms with Gasteiger partial charge in [0.2, 0.25) is 5.88 Å². The molecule has 0 radical (unpaired) electrons. The van der Waals surface area contributed by atoms with E-state index in [1.165, 1.54) is 25.0 Å². The molecule has 3 heterocycles.